The van der Waals surface area contributed by atoms with Gasteiger partial charge in [-0.15, -0.1) is 0 Å². The summed E-state index contributed by atoms with van der Waals surface area (Å²) in [7, 11) is 0. The average molecular weight is 250 g/mol. The molecule has 1 fully saturated rings. The van der Waals surface area contributed by atoms with Crippen molar-refractivity contribution >= 4 is 11.6 Å². The highest BCUT2D eigenvalue weighted by Crippen LogP contribution is 2.22. The summed E-state index contributed by atoms with van der Waals surface area (Å²) >= 11 is 0. The van der Waals surface area contributed by atoms with Crippen molar-refractivity contribution in [1.29, 1.82) is 0 Å². The van der Waals surface area contributed by atoms with Gasteiger partial charge < -0.3 is 15.4 Å². The molecular formula is C13H22N4O. The molecule has 0 saturated carbocycles. The average Bonchev–Trinajstić information content (AvgIpc) is 2.76. The zero-order chi connectivity index (χ0) is 13.0. The van der Waals surface area contributed by atoms with Crippen molar-refractivity contribution in [3.8, 4) is 0 Å². The minimum absolute atomic E-state index is 0.242. The van der Waals surface area contributed by atoms with Gasteiger partial charge in [0.05, 0.1) is 12.1 Å². The first kappa shape index (κ1) is 13.1. The number of aromatic nitrogens is 2. The second-order valence-corrected chi connectivity index (χ2v) is 4.74. The lowest BCUT2D eigenvalue weighted by Crippen LogP contribution is -2.27. The molecule has 2 unspecified atom stereocenters. The first-order valence-electron chi connectivity index (χ1n) is 6.66. The van der Waals surface area contributed by atoms with Gasteiger partial charge in [-0.1, -0.05) is 6.92 Å². The summed E-state index contributed by atoms with van der Waals surface area (Å²) in [6.45, 7) is 8.03. The Morgan fingerprint density at radius 3 is 2.83 bits per heavy atom. The van der Waals surface area contributed by atoms with Gasteiger partial charge in [0.1, 0.15) is 18.0 Å². The highest BCUT2D eigenvalue weighted by atomic mass is 16.5. The minimum Gasteiger partial charge on any atom is -0.376 e. The summed E-state index contributed by atoms with van der Waals surface area (Å²) in [5.41, 5.74) is 1.07. The second-order valence-electron chi connectivity index (χ2n) is 4.74. The summed E-state index contributed by atoms with van der Waals surface area (Å²) in [5, 5.41) is 6.78. The fraction of sp³-hybridized carbons (Fsp3) is 0.692. The Labute approximate surface area is 108 Å². The first-order chi connectivity index (χ1) is 8.72. The van der Waals surface area contributed by atoms with Crippen LogP contribution in [0.15, 0.2) is 6.33 Å². The van der Waals surface area contributed by atoms with E-state index in [0.29, 0.717) is 6.04 Å². The molecule has 5 nitrogen and oxygen atoms in total. The van der Waals surface area contributed by atoms with E-state index in [9.17, 15) is 0 Å². The molecule has 0 amide bonds. The largest absolute Gasteiger partial charge is 0.376 e. The highest BCUT2D eigenvalue weighted by molar-refractivity contribution is 5.56. The number of hydrogen-bond acceptors (Lipinski definition) is 5. The van der Waals surface area contributed by atoms with Crippen LogP contribution in [0.1, 0.15) is 32.3 Å². The van der Waals surface area contributed by atoms with Gasteiger partial charge in [-0.25, -0.2) is 9.97 Å². The third kappa shape index (κ3) is 2.90. The SMILES string of the molecule is CCCNc1ncnc(NC2CCOC2C)c1C. The molecule has 1 aromatic rings. The van der Waals surface area contributed by atoms with E-state index in [4.69, 9.17) is 4.74 Å². The van der Waals surface area contributed by atoms with Gasteiger partial charge >= 0.3 is 0 Å². The van der Waals surface area contributed by atoms with Crippen molar-refractivity contribution in [2.24, 2.45) is 0 Å². The van der Waals surface area contributed by atoms with Crippen molar-refractivity contribution in [2.45, 2.75) is 45.8 Å². The lowest BCUT2D eigenvalue weighted by atomic mass is 10.1. The van der Waals surface area contributed by atoms with E-state index in [2.05, 4.69) is 34.4 Å². The van der Waals surface area contributed by atoms with Crippen molar-refractivity contribution in [3.05, 3.63) is 11.9 Å². The lowest BCUT2D eigenvalue weighted by Gasteiger charge is -2.19. The topological polar surface area (TPSA) is 59.1 Å². The molecule has 0 radical (unpaired) electrons. The summed E-state index contributed by atoms with van der Waals surface area (Å²) in [5.74, 6) is 1.83. The summed E-state index contributed by atoms with van der Waals surface area (Å²) in [4.78, 5) is 8.60. The van der Waals surface area contributed by atoms with Crippen LogP contribution in [0, 0.1) is 6.92 Å². The van der Waals surface area contributed by atoms with Gasteiger partial charge in [-0.05, 0) is 26.7 Å². The molecule has 18 heavy (non-hydrogen) atoms. The molecule has 100 valence electrons. The van der Waals surface area contributed by atoms with Gasteiger partial charge in [0.15, 0.2) is 0 Å². The molecule has 5 heteroatoms. The Morgan fingerprint density at radius 2 is 2.17 bits per heavy atom. The van der Waals surface area contributed by atoms with Crippen LogP contribution in [-0.4, -0.2) is 35.3 Å². The predicted molar refractivity (Wildman–Crippen MR) is 73.0 cm³/mol. The fourth-order valence-corrected chi connectivity index (χ4v) is 2.11. The molecule has 1 aliphatic heterocycles. The van der Waals surface area contributed by atoms with Crippen molar-refractivity contribution in [2.75, 3.05) is 23.8 Å². The smallest absolute Gasteiger partial charge is 0.134 e. The summed E-state index contributed by atoms with van der Waals surface area (Å²) < 4.78 is 5.55. The first-order valence-corrected chi connectivity index (χ1v) is 6.66. The number of ether oxygens (including phenoxy) is 1. The van der Waals surface area contributed by atoms with E-state index < -0.39 is 0 Å². The molecule has 0 spiro atoms. The Morgan fingerprint density at radius 1 is 1.39 bits per heavy atom. The Balaban J connectivity index is 2.07. The van der Waals surface area contributed by atoms with Gasteiger partial charge in [-0.3, -0.25) is 0 Å². The van der Waals surface area contributed by atoms with Crippen LogP contribution in [0.2, 0.25) is 0 Å². The predicted octanol–water partition coefficient (Wildman–Crippen LogP) is 2.20. The van der Waals surface area contributed by atoms with Gasteiger partial charge in [0.2, 0.25) is 0 Å². The molecule has 2 atom stereocenters. The van der Waals surface area contributed by atoms with Gasteiger partial charge in [0.25, 0.3) is 0 Å². The number of hydrogen-bond donors (Lipinski definition) is 2. The Hall–Kier alpha value is -1.36. The lowest BCUT2D eigenvalue weighted by molar-refractivity contribution is 0.121. The maximum atomic E-state index is 5.55. The molecule has 0 aliphatic carbocycles. The van der Waals surface area contributed by atoms with E-state index in [1.807, 2.05) is 6.92 Å². The molecule has 0 aromatic carbocycles. The third-order valence-electron chi connectivity index (χ3n) is 3.32. The minimum atomic E-state index is 0.242. The van der Waals surface area contributed by atoms with E-state index >= 15 is 0 Å². The number of nitrogens with zero attached hydrogens (tertiary/aromatic N) is 2. The molecule has 1 aliphatic rings. The summed E-state index contributed by atoms with van der Waals surface area (Å²) in [6, 6.07) is 0.345. The quantitative estimate of drug-likeness (QED) is 0.839. The molecule has 1 aromatic heterocycles. The van der Waals surface area contributed by atoms with Gasteiger partial charge in [0, 0.05) is 18.7 Å². The van der Waals surface area contributed by atoms with Crippen LogP contribution >= 0.6 is 0 Å². The molecule has 1 saturated heterocycles. The van der Waals surface area contributed by atoms with E-state index in [0.717, 1.165) is 43.2 Å². The molecule has 2 N–H and O–H groups in total. The van der Waals surface area contributed by atoms with Crippen LogP contribution in [0.3, 0.4) is 0 Å². The maximum Gasteiger partial charge on any atom is 0.134 e. The summed E-state index contributed by atoms with van der Waals surface area (Å²) in [6.07, 6.45) is 3.96. The molecule has 2 heterocycles. The fourth-order valence-electron chi connectivity index (χ4n) is 2.11. The van der Waals surface area contributed by atoms with Crippen LogP contribution in [0.5, 0.6) is 0 Å². The number of rotatable bonds is 5. The highest BCUT2D eigenvalue weighted by Gasteiger charge is 2.25. The Kier molecular flexibility index (Phi) is 4.36. The zero-order valence-corrected chi connectivity index (χ0v) is 11.4. The molecule has 0 bridgehead atoms. The monoisotopic (exact) mass is 250 g/mol. The van der Waals surface area contributed by atoms with Crippen molar-refractivity contribution < 1.29 is 4.74 Å². The maximum absolute atomic E-state index is 5.55. The molecular weight excluding hydrogens is 228 g/mol. The normalized spacial score (nSPS) is 23.1. The van der Waals surface area contributed by atoms with E-state index in [-0.39, 0.29) is 6.10 Å². The van der Waals surface area contributed by atoms with Gasteiger partial charge in [-0.2, -0.15) is 0 Å². The molecule has 2 rings (SSSR count). The number of anilines is 2. The van der Waals surface area contributed by atoms with Crippen LogP contribution in [0.4, 0.5) is 11.6 Å². The number of nitrogens with one attached hydrogen (secondary N) is 2. The van der Waals surface area contributed by atoms with Crippen LogP contribution in [-0.2, 0) is 4.74 Å². The third-order valence-corrected chi connectivity index (χ3v) is 3.32. The second kappa shape index (κ2) is 6.00. The van der Waals surface area contributed by atoms with Crippen molar-refractivity contribution in [3.63, 3.8) is 0 Å². The van der Waals surface area contributed by atoms with Crippen LogP contribution in [0.25, 0.3) is 0 Å². The zero-order valence-electron chi connectivity index (χ0n) is 11.4. The van der Waals surface area contributed by atoms with E-state index in [1.54, 1.807) is 6.33 Å². The van der Waals surface area contributed by atoms with Crippen LogP contribution < -0.4 is 10.6 Å². The Bertz CT molecular complexity index is 397. The standard InChI is InChI=1S/C13H22N4O/c1-4-6-14-12-9(2)13(16-8-15-12)17-11-5-7-18-10(11)3/h8,10-11H,4-7H2,1-3H3,(H2,14,15,16,17). The van der Waals surface area contributed by atoms with Crippen molar-refractivity contribution in [1.82, 2.24) is 9.97 Å². The van der Waals surface area contributed by atoms with E-state index in [1.165, 1.54) is 0 Å².